The Labute approximate surface area is 127 Å². The number of hydrogen-bond donors (Lipinski definition) is 2. The Hall–Kier alpha value is -1.33. The van der Waals surface area contributed by atoms with Gasteiger partial charge in [0, 0.05) is 36.1 Å². The van der Waals surface area contributed by atoms with Crippen molar-refractivity contribution in [3.05, 3.63) is 46.6 Å². The van der Waals surface area contributed by atoms with E-state index in [1.807, 2.05) is 16.9 Å². The monoisotopic (exact) mass is 334 g/mol. The molecule has 106 valence electrons. The molecule has 0 amide bonds. The van der Waals surface area contributed by atoms with Crippen LogP contribution in [-0.2, 0) is 13.0 Å². The van der Waals surface area contributed by atoms with Crippen LogP contribution in [0.3, 0.4) is 0 Å². The summed E-state index contributed by atoms with van der Waals surface area (Å²) in [5.41, 5.74) is 1.36. The van der Waals surface area contributed by atoms with Gasteiger partial charge in [-0.1, -0.05) is 34.1 Å². The lowest BCUT2D eigenvalue weighted by Gasteiger charge is -2.25. The number of nitrogens with one attached hydrogen (secondary N) is 2. The second-order valence-corrected chi connectivity index (χ2v) is 6.05. The van der Waals surface area contributed by atoms with Crippen LogP contribution >= 0.6 is 15.9 Å². The van der Waals surface area contributed by atoms with Gasteiger partial charge >= 0.3 is 0 Å². The minimum absolute atomic E-state index is 0.599. The van der Waals surface area contributed by atoms with Crippen molar-refractivity contribution in [1.29, 1.82) is 0 Å². The first kappa shape index (κ1) is 13.6. The standard InChI is InChI=1S/C15H19BrN4/c16-14-4-2-1-3-13(14)5-7-17-9-12-10-18-15-6-8-19-20(15)11-12/h1-4,6,8,12,17-18H,5,7,9-11H2/t12-/m0/s1. The number of rotatable bonds is 5. The van der Waals surface area contributed by atoms with Crippen LogP contribution in [0.4, 0.5) is 5.82 Å². The second-order valence-electron chi connectivity index (χ2n) is 5.19. The number of benzene rings is 1. The van der Waals surface area contributed by atoms with Gasteiger partial charge in [-0.2, -0.15) is 5.10 Å². The number of nitrogens with zero attached hydrogens (tertiary/aromatic N) is 2. The van der Waals surface area contributed by atoms with Gasteiger partial charge in [-0.15, -0.1) is 0 Å². The summed E-state index contributed by atoms with van der Waals surface area (Å²) in [4.78, 5) is 0. The Morgan fingerprint density at radius 2 is 2.25 bits per heavy atom. The third-order valence-corrected chi connectivity index (χ3v) is 4.46. The molecule has 0 unspecified atom stereocenters. The maximum atomic E-state index is 4.31. The van der Waals surface area contributed by atoms with Crippen LogP contribution in [0.2, 0.25) is 0 Å². The highest BCUT2D eigenvalue weighted by Gasteiger charge is 2.17. The molecule has 1 aliphatic heterocycles. The molecule has 0 saturated heterocycles. The molecule has 20 heavy (non-hydrogen) atoms. The summed E-state index contributed by atoms with van der Waals surface area (Å²) in [5, 5.41) is 11.3. The lowest BCUT2D eigenvalue weighted by atomic mass is 10.1. The molecule has 4 nitrogen and oxygen atoms in total. The van der Waals surface area contributed by atoms with Gasteiger partial charge in [0.15, 0.2) is 0 Å². The van der Waals surface area contributed by atoms with Crippen molar-refractivity contribution in [1.82, 2.24) is 15.1 Å². The highest BCUT2D eigenvalue weighted by atomic mass is 79.9. The van der Waals surface area contributed by atoms with Gasteiger partial charge in [-0.05, 0) is 24.6 Å². The zero-order valence-electron chi connectivity index (χ0n) is 11.3. The Morgan fingerprint density at radius 3 is 3.15 bits per heavy atom. The molecule has 0 bridgehead atoms. The molecule has 5 heteroatoms. The van der Waals surface area contributed by atoms with Crippen LogP contribution in [0.5, 0.6) is 0 Å². The van der Waals surface area contributed by atoms with Crippen LogP contribution in [0.1, 0.15) is 5.56 Å². The molecular formula is C15H19BrN4. The number of aromatic nitrogens is 2. The predicted molar refractivity (Wildman–Crippen MR) is 84.9 cm³/mol. The van der Waals surface area contributed by atoms with E-state index in [4.69, 9.17) is 0 Å². The maximum absolute atomic E-state index is 4.31. The Balaban J connectivity index is 1.42. The van der Waals surface area contributed by atoms with Crippen LogP contribution in [0.15, 0.2) is 41.0 Å². The van der Waals surface area contributed by atoms with Crippen molar-refractivity contribution in [2.45, 2.75) is 13.0 Å². The predicted octanol–water partition coefficient (Wildman–Crippen LogP) is 2.52. The minimum atomic E-state index is 0.599. The fourth-order valence-corrected chi connectivity index (χ4v) is 3.04. The molecule has 1 aromatic heterocycles. The van der Waals surface area contributed by atoms with Crippen LogP contribution in [0.25, 0.3) is 0 Å². The molecule has 1 aliphatic rings. The van der Waals surface area contributed by atoms with Crippen molar-refractivity contribution < 1.29 is 0 Å². The Morgan fingerprint density at radius 1 is 1.35 bits per heavy atom. The lowest BCUT2D eigenvalue weighted by Crippen LogP contribution is -2.36. The van der Waals surface area contributed by atoms with Crippen molar-refractivity contribution in [3.8, 4) is 0 Å². The molecule has 2 aromatic rings. The van der Waals surface area contributed by atoms with Gasteiger partial charge in [-0.25, -0.2) is 4.68 Å². The fraction of sp³-hybridized carbons (Fsp3) is 0.400. The molecule has 0 saturated carbocycles. The van der Waals surface area contributed by atoms with Gasteiger partial charge in [0.05, 0.1) is 6.20 Å². The number of anilines is 1. The van der Waals surface area contributed by atoms with Crippen molar-refractivity contribution in [2.24, 2.45) is 5.92 Å². The van der Waals surface area contributed by atoms with E-state index in [-0.39, 0.29) is 0 Å². The van der Waals surface area contributed by atoms with Gasteiger partial charge in [0.1, 0.15) is 5.82 Å². The average Bonchev–Trinajstić information content (AvgIpc) is 2.93. The summed E-state index contributed by atoms with van der Waals surface area (Å²) in [6, 6.07) is 10.4. The second kappa shape index (κ2) is 6.41. The number of fused-ring (bicyclic) bond motifs is 1. The highest BCUT2D eigenvalue weighted by Crippen LogP contribution is 2.17. The van der Waals surface area contributed by atoms with Gasteiger partial charge in [0.25, 0.3) is 0 Å². The van der Waals surface area contributed by atoms with Crippen LogP contribution in [-0.4, -0.2) is 29.4 Å². The Bertz CT molecular complexity index is 567. The molecule has 1 aromatic carbocycles. The molecule has 1 atom stereocenters. The first-order chi connectivity index (χ1) is 9.83. The first-order valence-electron chi connectivity index (χ1n) is 7.03. The molecule has 2 heterocycles. The van der Waals surface area contributed by atoms with E-state index in [0.717, 1.165) is 38.4 Å². The summed E-state index contributed by atoms with van der Waals surface area (Å²) in [6.45, 7) is 4.05. The molecule has 0 aliphatic carbocycles. The summed E-state index contributed by atoms with van der Waals surface area (Å²) in [7, 11) is 0. The van der Waals surface area contributed by atoms with Gasteiger partial charge in [-0.3, -0.25) is 0 Å². The van der Waals surface area contributed by atoms with E-state index >= 15 is 0 Å². The summed E-state index contributed by atoms with van der Waals surface area (Å²) < 4.78 is 3.24. The maximum Gasteiger partial charge on any atom is 0.124 e. The zero-order chi connectivity index (χ0) is 13.8. The summed E-state index contributed by atoms with van der Waals surface area (Å²) >= 11 is 3.59. The Kier molecular flexibility index (Phi) is 4.38. The lowest BCUT2D eigenvalue weighted by molar-refractivity contribution is 0.393. The number of hydrogen-bond acceptors (Lipinski definition) is 3. The van der Waals surface area contributed by atoms with Crippen LogP contribution in [0, 0.1) is 5.92 Å². The molecule has 0 spiro atoms. The normalized spacial score (nSPS) is 17.6. The summed E-state index contributed by atoms with van der Waals surface area (Å²) in [6.07, 6.45) is 2.90. The number of halogens is 1. The quantitative estimate of drug-likeness (QED) is 0.825. The average molecular weight is 335 g/mol. The molecular weight excluding hydrogens is 316 g/mol. The van der Waals surface area contributed by atoms with Gasteiger partial charge in [0.2, 0.25) is 0 Å². The SMILES string of the molecule is Brc1ccccc1CCNC[C@H]1CNc2ccnn2C1. The zero-order valence-corrected chi connectivity index (χ0v) is 12.9. The van der Waals surface area contributed by atoms with E-state index in [1.54, 1.807) is 0 Å². The molecule has 0 fully saturated rings. The molecule has 2 N–H and O–H groups in total. The smallest absolute Gasteiger partial charge is 0.124 e. The summed E-state index contributed by atoms with van der Waals surface area (Å²) in [5.74, 6) is 1.73. The van der Waals surface area contributed by atoms with Crippen molar-refractivity contribution in [3.63, 3.8) is 0 Å². The minimum Gasteiger partial charge on any atom is -0.370 e. The molecule has 3 rings (SSSR count). The van der Waals surface area contributed by atoms with E-state index in [1.165, 1.54) is 10.0 Å². The van der Waals surface area contributed by atoms with Gasteiger partial charge < -0.3 is 10.6 Å². The third kappa shape index (κ3) is 3.22. The first-order valence-corrected chi connectivity index (χ1v) is 7.82. The fourth-order valence-electron chi connectivity index (χ4n) is 2.55. The van der Waals surface area contributed by atoms with E-state index < -0.39 is 0 Å². The van der Waals surface area contributed by atoms with E-state index in [9.17, 15) is 0 Å². The van der Waals surface area contributed by atoms with Crippen molar-refractivity contribution >= 4 is 21.7 Å². The topological polar surface area (TPSA) is 41.9 Å². The third-order valence-electron chi connectivity index (χ3n) is 3.68. The van der Waals surface area contributed by atoms with E-state index in [2.05, 4.69) is 55.9 Å². The molecule has 0 radical (unpaired) electrons. The largest absolute Gasteiger partial charge is 0.370 e. The van der Waals surface area contributed by atoms with Crippen molar-refractivity contribution in [2.75, 3.05) is 25.0 Å². The van der Waals surface area contributed by atoms with E-state index in [0.29, 0.717) is 5.92 Å². The van der Waals surface area contributed by atoms with Crippen LogP contribution < -0.4 is 10.6 Å². The highest BCUT2D eigenvalue weighted by molar-refractivity contribution is 9.10.